The molecule has 0 aliphatic carbocycles. The Bertz CT molecular complexity index is 1040. The van der Waals surface area contributed by atoms with Crippen molar-refractivity contribution in [3.63, 3.8) is 0 Å². The molecule has 0 bridgehead atoms. The Morgan fingerprint density at radius 2 is 1.86 bits per heavy atom. The third kappa shape index (κ3) is 3.60. The molecule has 2 unspecified atom stereocenters. The maximum atomic E-state index is 13.1. The summed E-state index contributed by atoms with van der Waals surface area (Å²) in [5.74, 6) is 3.92. The monoisotopic (exact) mass is 411 g/mol. The molecular formula is C21H15Cl2N3O2. The van der Waals surface area contributed by atoms with E-state index in [4.69, 9.17) is 28.5 Å². The minimum atomic E-state index is -1.06. The van der Waals surface area contributed by atoms with Crippen molar-refractivity contribution in [1.82, 2.24) is 9.88 Å². The number of hydrogen-bond donors (Lipinski definition) is 0. The molecule has 1 amide bonds. The van der Waals surface area contributed by atoms with E-state index in [1.807, 2.05) is 6.07 Å². The van der Waals surface area contributed by atoms with Crippen molar-refractivity contribution in [2.45, 2.75) is 25.3 Å². The van der Waals surface area contributed by atoms with Gasteiger partial charge >= 0.3 is 0 Å². The lowest BCUT2D eigenvalue weighted by Crippen LogP contribution is -2.33. The zero-order valence-corrected chi connectivity index (χ0v) is 16.7. The number of likely N-dealkylation sites (tertiary alicyclic amines) is 1. The van der Waals surface area contributed by atoms with E-state index >= 15 is 0 Å². The van der Waals surface area contributed by atoms with Crippen molar-refractivity contribution in [3.05, 3.63) is 62.9 Å². The van der Waals surface area contributed by atoms with Crippen LogP contribution in [0.4, 0.5) is 0 Å². The number of nitrogens with zero attached hydrogens (tertiary/aromatic N) is 3. The molecule has 28 heavy (non-hydrogen) atoms. The van der Waals surface area contributed by atoms with Crippen molar-refractivity contribution < 1.29 is 9.59 Å². The van der Waals surface area contributed by atoms with Gasteiger partial charge in [0, 0.05) is 46.5 Å². The highest BCUT2D eigenvalue weighted by molar-refractivity contribution is 6.37. The summed E-state index contributed by atoms with van der Waals surface area (Å²) in [6.07, 6.45) is 1.69. The Morgan fingerprint density at radius 3 is 2.39 bits per heavy atom. The average molecular weight is 412 g/mol. The maximum Gasteiger partial charge on any atom is 0.238 e. The summed E-state index contributed by atoms with van der Waals surface area (Å²) in [6.45, 7) is 1.69. The van der Waals surface area contributed by atoms with E-state index < -0.39 is 12.0 Å². The van der Waals surface area contributed by atoms with Crippen molar-refractivity contribution in [2.24, 2.45) is 0 Å². The molecule has 1 aliphatic heterocycles. The molecule has 5 nitrogen and oxygen atoms in total. The molecule has 1 aromatic carbocycles. The van der Waals surface area contributed by atoms with Gasteiger partial charge < -0.3 is 4.90 Å². The van der Waals surface area contributed by atoms with E-state index in [-0.39, 0.29) is 28.2 Å². The Kier molecular flexibility index (Phi) is 5.70. The van der Waals surface area contributed by atoms with Crippen LogP contribution in [0.15, 0.2) is 30.5 Å². The maximum absolute atomic E-state index is 13.1. The van der Waals surface area contributed by atoms with Gasteiger partial charge in [0.2, 0.25) is 5.91 Å². The normalized spacial score (nSPS) is 18.6. The number of carbonyl (C=O) groups excluding carboxylic acids is 2. The molecule has 3 rings (SSSR count). The first kappa shape index (κ1) is 19.9. The molecule has 1 aliphatic rings. The van der Waals surface area contributed by atoms with Crippen LogP contribution in [0.5, 0.6) is 0 Å². The Labute approximate surface area is 172 Å². The first-order valence-corrected chi connectivity index (χ1v) is 9.20. The van der Waals surface area contributed by atoms with Crippen molar-refractivity contribution in [1.29, 1.82) is 5.26 Å². The first-order valence-electron chi connectivity index (χ1n) is 8.44. The quantitative estimate of drug-likeness (QED) is 0.573. The lowest BCUT2D eigenvalue weighted by Gasteiger charge is -2.17. The number of hydrogen-bond acceptors (Lipinski definition) is 4. The van der Waals surface area contributed by atoms with Gasteiger partial charge in [-0.1, -0.05) is 29.1 Å². The minimum Gasteiger partial charge on any atom is -0.334 e. The van der Waals surface area contributed by atoms with Crippen LogP contribution in [0.1, 0.15) is 35.2 Å². The summed E-state index contributed by atoms with van der Waals surface area (Å²) in [4.78, 5) is 31.5. The van der Waals surface area contributed by atoms with Gasteiger partial charge in [-0.3, -0.25) is 14.6 Å². The smallest absolute Gasteiger partial charge is 0.238 e. The Balaban J connectivity index is 1.94. The molecule has 0 spiro atoms. The molecule has 1 saturated heterocycles. The van der Waals surface area contributed by atoms with Gasteiger partial charge in [0.05, 0.1) is 11.6 Å². The zero-order valence-electron chi connectivity index (χ0n) is 15.2. The molecule has 140 valence electrons. The second-order valence-electron chi connectivity index (χ2n) is 6.38. The molecular weight excluding hydrogens is 397 g/mol. The number of halogens is 2. The number of rotatable bonds is 3. The number of pyridine rings is 1. The standard InChI is InChI=1S/C21H15Cl2N3O2/c1-3-4-12-7-15(22)18(16(23)8-12)19-20(27)17(26(2)21(19)28)9-14-6-5-13(10-24)11-25-14/h5-8,11,17,19H,9H2,1-2H3. The Hall–Kier alpha value is -2.86. The summed E-state index contributed by atoms with van der Waals surface area (Å²) >= 11 is 12.7. The molecule has 7 heteroatoms. The van der Waals surface area contributed by atoms with Crippen LogP contribution < -0.4 is 0 Å². The first-order chi connectivity index (χ1) is 13.4. The molecule has 2 heterocycles. The lowest BCUT2D eigenvalue weighted by molar-refractivity contribution is -0.129. The minimum absolute atomic E-state index is 0.238. The summed E-state index contributed by atoms with van der Waals surface area (Å²) in [5.41, 5.74) is 1.97. The van der Waals surface area contributed by atoms with E-state index in [9.17, 15) is 9.59 Å². The van der Waals surface area contributed by atoms with Crippen molar-refractivity contribution in [3.8, 4) is 17.9 Å². The zero-order chi connectivity index (χ0) is 20.4. The van der Waals surface area contributed by atoms with Crippen LogP contribution in [0.3, 0.4) is 0 Å². The predicted octanol–water partition coefficient (Wildman–Crippen LogP) is 3.37. The molecule has 1 fully saturated rings. The van der Waals surface area contributed by atoms with E-state index in [1.54, 1.807) is 38.2 Å². The summed E-state index contributed by atoms with van der Waals surface area (Å²) < 4.78 is 0. The molecule has 2 atom stereocenters. The third-order valence-corrected chi connectivity index (χ3v) is 5.29. The van der Waals surface area contributed by atoms with Gasteiger partial charge in [-0.15, -0.1) is 5.92 Å². The SMILES string of the molecule is CC#Cc1cc(Cl)c(C2C(=O)C(Cc3ccc(C#N)cn3)N(C)C2=O)c(Cl)c1. The second-order valence-corrected chi connectivity index (χ2v) is 7.20. The van der Waals surface area contributed by atoms with Gasteiger partial charge in [-0.05, 0) is 31.2 Å². The number of aromatic nitrogens is 1. The number of carbonyl (C=O) groups is 2. The number of Topliss-reactive ketones (excluding diaryl/α,β-unsaturated/α-hetero) is 1. The number of ketones is 1. The summed E-state index contributed by atoms with van der Waals surface area (Å²) in [6, 6.07) is 7.83. The fourth-order valence-electron chi connectivity index (χ4n) is 3.25. The third-order valence-electron chi connectivity index (χ3n) is 4.67. The van der Waals surface area contributed by atoms with Crippen LogP contribution in [0, 0.1) is 23.2 Å². The van der Waals surface area contributed by atoms with Crippen LogP contribution >= 0.6 is 23.2 Å². The van der Waals surface area contributed by atoms with Gasteiger partial charge in [-0.2, -0.15) is 5.26 Å². The summed E-state index contributed by atoms with van der Waals surface area (Å²) in [7, 11) is 1.58. The van der Waals surface area contributed by atoms with Crippen LogP contribution in [0.25, 0.3) is 0 Å². The van der Waals surface area contributed by atoms with Gasteiger partial charge in [0.25, 0.3) is 0 Å². The fraction of sp³-hybridized carbons (Fsp3) is 0.238. The second kappa shape index (κ2) is 8.02. The highest BCUT2D eigenvalue weighted by atomic mass is 35.5. The van der Waals surface area contributed by atoms with E-state index in [0.29, 0.717) is 22.4 Å². The largest absolute Gasteiger partial charge is 0.334 e. The van der Waals surface area contributed by atoms with Crippen molar-refractivity contribution in [2.75, 3.05) is 7.05 Å². The molecule has 0 radical (unpaired) electrons. The van der Waals surface area contributed by atoms with Gasteiger partial charge in [0.1, 0.15) is 12.0 Å². The van der Waals surface area contributed by atoms with Crippen LogP contribution in [0.2, 0.25) is 10.0 Å². The number of amides is 1. The number of benzene rings is 1. The van der Waals surface area contributed by atoms with E-state index in [0.717, 1.165) is 0 Å². The van der Waals surface area contributed by atoms with E-state index in [1.165, 1.54) is 11.1 Å². The number of nitriles is 1. The predicted molar refractivity (Wildman–Crippen MR) is 106 cm³/mol. The van der Waals surface area contributed by atoms with Gasteiger partial charge in [-0.25, -0.2) is 0 Å². The Morgan fingerprint density at radius 1 is 1.18 bits per heavy atom. The summed E-state index contributed by atoms with van der Waals surface area (Å²) in [5, 5.41) is 9.34. The topological polar surface area (TPSA) is 74.1 Å². The highest BCUT2D eigenvalue weighted by Crippen LogP contribution is 2.39. The highest BCUT2D eigenvalue weighted by Gasteiger charge is 2.47. The van der Waals surface area contributed by atoms with Crippen molar-refractivity contribution >= 4 is 34.9 Å². The molecule has 1 aromatic heterocycles. The average Bonchev–Trinajstić information content (AvgIpc) is 2.86. The fourth-order valence-corrected chi connectivity index (χ4v) is 3.96. The molecule has 0 saturated carbocycles. The molecule has 2 aromatic rings. The van der Waals surface area contributed by atoms with Crippen LogP contribution in [-0.4, -0.2) is 34.7 Å². The molecule has 0 N–H and O–H groups in total. The van der Waals surface area contributed by atoms with Crippen LogP contribution in [-0.2, 0) is 16.0 Å². The van der Waals surface area contributed by atoms with Gasteiger partial charge in [0.15, 0.2) is 5.78 Å². The number of likely N-dealkylation sites (N-methyl/N-ethyl adjacent to an activating group) is 1. The van der Waals surface area contributed by atoms with E-state index in [2.05, 4.69) is 16.8 Å². The lowest BCUT2D eigenvalue weighted by atomic mass is 9.92.